The van der Waals surface area contributed by atoms with Crippen LogP contribution in [-0.2, 0) is 11.2 Å². The second-order valence-corrected chi connectivity index (χ2v) is 5.18. The van der Waals surface area contributed by atoms with Crippen LogP contribution in [0.3, 0.4) is 0 Å². The number of Topliss-reactive ketones (excluding diaryl/α,β-unsaturated/α-hetero) is 1. The number of benzene rings is 2. The highest BCUT2D eigenvalue weighted by molar-refractivity contribution is 5.85. The fourth-order valence-electron chi connectivity index (χ4n) is 2.37. The SMILES string of the molecule is CCC(=O)C(NCCc1ccc(C#N)cc1)c1ccccc1. The molecular formula is C19H20N2O. The van der Waals surface area contributed by atoms with Gasteiger partial charge in [0.25, 0.3) is 0 Å². The van der Waals surface area contributed by atoms with Crippen molar-refractivity contribution >= 4 is 5.78 Å². The van der Waals surface area contributed by atoms with Gasteiger partial charge in [0.1, 0.15) is 0 Å². The molecule has 112 valence electrons. The van der Waals surface area contributed by atoms with Gasteiger partial charge in [0, 0.05) is 13.0 Å². The number of ketones is 1. The van der Waals surface area contributed by atoms with E-state index in [0.717, 1.165) is 24.1 Å². The monoisotopic (exact) mass is 292 g/mol. The number of nitrogens with one attached hydrogen (secondary N) is 1. The maximum Gasteiger partial charge on any atom is 0.153 e. The number of carbonyl (C=O) groups is 1. The molecule has 1 N–H and O–H groups in total. The highest BCUT2D eigenvalue weighted by atomic mass is 16.1. The summed E-state index contributed by atoms with van der Waals surface area (Å²) in [6.07, 6.45) is 1.34. The zero-order valence-corrected chi connectivity index (χ0v) is 12.8. The molecule has 0 fully saturated rings. The summed E-state index contributed by atoms with van der Waals surface area (Å²) in [4.78, 5) is 12.1. The molecule has 1 unspecified atom stereocenters. The first-order chi connectivity index (χ1) is 10.7. The average Bonchev–Trinajstić information content (AvgIpc) is 2.59. The standard InChI is InChI=1S/C19H20N2O/c1-2-18(22)19(17-6-4-3-5-7-17)21-13-12-15-8-10-16(14-20)11-9-15/h3-11,19,21H,2,12-13H2,1H3. The summed E-state index contributed by atoms with van der Waals surface area (Å²) < 4.78 is 0. The summed E-state index contributed by atoms with van der Waals surface area (Å²) in [7, 11) is 0. The van der Waals surface area contributed by atoms with E-state index in [9.17, 15) is 4.79 Å². The van der Waals surface area contributed by atoms with Crippen LogP contribution in [0.4, 0.5) is 0 Å². The van der Waals surface area contributed by atoms with E-state index >= 15 is 0 Å². The quantitative estimate of drug-likeness (QED) is 0.851. The predicted octanol–water partition coefficient (Wildman–Crippen LogP) is 3.41. The normalized spacial score (nSPS) is 11.6. The second-order valence-electron chi connectivity index (χ2n) is 5.18. The highest BCUT2D eigenvalue weighted by Gasteiger charge is 2.17. The Kier molecular flexibility index (Phi) is 5.88. The fraction of sp³-hybridized carbons (Fsp3) is 0.263. The number of hydrogen-bond donors (Lipinski definition) is 1. The fourth-order valence-corrected chi connectivity index (χ4v) is 2.37. The Balaban J connectivity index is 1.97. The summed E-state index contributed by atoms with van der Waals surface area (Å²) in [6, 6.07) is 19.2. The third kappa shape index (κ3) is 4.28. The van der Waals surface area contributed by atoms with Gasteiger partial charge >= 0.3 is 0 Å². The summed E-state index contributed by atoms with van der Waals surface area (Å²) >= 11 is 0. The van der Waals surface area contributed by atoms with Crippen molar-refractivity contribution in [2.24, 2.45) is 0 Å². The van der Waals surface area contributed by atoms with Crippen LogP contribution in [0, 0.1) is 11.3 Å². The van der Waals surface area contributed by atoms with E-state index in [1.165, 1.54) is 0 Å². The lowest BCUT2D eigenvalue weighted by Crippen LogP contribution is -2.30. The molecule has 0 amide bonds. The van der Waals surface area contributed by atoms with Gasteiger partial charge in [-0.05, 0) is 29.7 Å². The molecule has 2 aromatic rings. The summed E-state index contributed by atoms with van der Waals surface area (Å²) in [5.74, 6) is 0.200. The van der Waals surface area contributed by atoms with Crippen molar-refractivity contribution in [2.45, 2.75) is 25.8 Å². The molecule has 2 rings (SSSR count). The van der Waals surface area contributed by atoms with Gasteiger partial charge in [-0.1, -0.05) is 49.4 Å². The smallest absolute Gasteiger partial charge is 0.153 e. The first-order valence-corrected chi connectivity index (χ1v) is 7.54. The number of carbonyl (C=O) groups excluding carboxylic acids is 1. The molecule has 0 aromatic heterocycles. The van der Waals surface area contributed by atoms with Crippen molar-refractivity contribution < 1.29 is 4.79 Å². The number of rotatable bonds is 7. The molecular weight excluding hydrogens is 272 g/mol. The molecule has 3 heteroatoms. The molecule has 22 heavy (non-hydrogen) atoms. The zero-order chi connectivity index (χ0) is 15.8. The summed E-state index contributed by atoms with van der Waals surface area (Å²) in [5.41, 5.74) is 2.83. The molecule has 0 saturated heterocycles. The lowest BCUT2D eigenvalue weighted by molar-refractivity contribution is -0.120. The molecule has 0 spiro atoms. The Hall–Kier alpha value is -2.44. The van der Waals surface area contributed by atoms with Crippen molar-refractivity contribution in [3.8, 4) is 6.07 Å². The predicted molar refractivity (Wildman–Crippen MR) is 87.3 cm³/mol. The molecule has 0 radical (unpaired) electrons. The average molecular weight is 292 g/mol. The van der Waals surface area contributed by atoms with Crippen molar-refractivity contribution in [1.29, 1.82) is 5.26 Å². The third-order valence-corrected chi connectivity index (χ3v) is 3.65. The van der Waals surface area contributed by atoms with Gasteiger partial charge < -0.3 is 5.32 Å². The van der Waals surface area contributed by atoms with Crippen LogP contribution in [0.15, 0.2) is 54.6 Å². The van der Waals surface area contributed by atoms with E-state index in [0.29, 0.717) is 12.0 Å². The van der Waals surface area contributed by atoms with Crippen LogP contribution in [0.1, 0.15) is 36.1 Å². The van der Waals surface area contributed by atoms with Crippen molar-refractivity contribution in [2.75, 3.05) is 6.54 Å². The highest BCUT2D eigenvalue weighted by Crippen LogP contribution is 2.15. The van der Waals surface area contributed by atoms with Crippen LogP contribution >= 0.6 is 0 Å². The van der Waals surface area contributed by atoms with Crippen LogP contribution in [0.2, 0.25) is 0 Å². The molecule has 0 aliphatic rings. The Morgan fingerprint density at radius 2 is 1.82 bits per heavy atom. The van der Waals surface area contributed by atoms with Gasteiger partial charge in [0.05, 0.1) is 17.7 Å². The third-order valence-electron chi connectivity index (χ3n) is 3.65. The van der Waals surface area contributed by atoms with Crippen LogP contribution < -0.4 is 5.32 Å². The number of hydrogen-bond acceptors (Lipinski definition) is 3. The first-order valence-electron chi connectivity index (χ1n) is 7.54. The molecule has 0 aliphatic carbocycles. The molecule has 1 atom stereocenters. The van der Waals surface area contributed by atoms with E-state index in [1.807, 2.05) is 61.5 Å². The molecule has 0 heterocycles. The van der Waals surface area contributed by atoms with Gasteiger partial charge in [-0.3, -0.25) is 4.79 Å². The van der Waals surface area contributed by atoms with E-state index in [-0.39, 0.29) is 11.8 Å². The molecule has 0 saturated carbocycles. The van der Waals surface area contributed by atoms with Crippen LogP contribution in [0.25, 0.3) is 0 Å². The Morgan fingerprint density at radius 3 is 2.41 bits per heavy atom. The maximum atomic E-state index is 12.1. The lowest BCUT2D eigenvalue weighted by atomic mass is 10.0. The molecule has 0 aliphatic heterocycles. The van der Waals surface area contributed by atoms with Gasteiger partial charge in [0.2, 0.25) is 0 Å². The Labute approximate surface area is 131 Å². The van der Waals surface area contributed by atoms with Gasteiger partial charge in [-0.15, -0.1) is 0 Å². The van der Waals surface area contributed by atoms with Crippen molar-refractivity contribution in [3.63, 3.8) is 0 Å². The first kappa shape index (κ1) is 15.9. The lowest BCUT2D eigenvalue weighted by Gasteiger charge is -2.17. The molecule has 3 nitrogen and oxygen atoms in total. The van der Waals surface area contributed by atoms with E-state index in [2.05, 4.69) is 11.4 Å². The van der Waals surface area contributed by atoms with E-state index in [4.69, 9.17) is 5.26 Å². The largest absolute Gasteiger partial charge is 0.303 e. The van der Waals surface area contributed by atoms with Crippen LogP contribution in [0.5, 0.6) is 0 Å². The van der Waals surface area contributed by atoms with Crippen LogP contribution in [-0.4, -0.2) is 12.3 Å². The molecule has 2 aromatic carbocycles. The minimum absolute atomic E-state index is 0.200. The van der Waals surface area contributed by atoms with Gasteiger partial charge in [0.15, 0.2) is 5.78 Å². The maximum absolute atomic E-state index is 12.1. The van der Waals surface area contributed by atoms with E-state index in [1.54, 1.807) is 0 Å². The Bertz CT molecular complexity index is 641. The topological polar surface area (TPSA) is 52.9 Å². The zero-order valence-electron chi connectivity index (χ0n) is 12.8. The van der Waals surface area contributed by atoms with Gasteiger partial charge in [-0.2, -0.15) is 5.26 Å². The minimum atomic E-state index is -0.246. The number of nitriles is 1. The summed E-state index contributed by atoms with van der Waals surface area (Å²) in [5, 5.41) is 12.1. The van der Waals surface area contributed by atoms with Crippen molar-refractivity contribution in [3.05, 3.63) is 71.3 Å². The molecule has 0 bridgehead atoms. The number of nitrogens with zero attached hydrogens (tertiary/aromatic N) is 1. The second kappa shape index (κ2) is 8.11. The van der Waals surface area contributed by atoms with Crippen molar-refractivity contribution in [1.82, 2.24) is 5.32 Å². The van der Waals surface area contributed by atoms with Gasteiger partial charge in [-0.25, -0.2) is 0 Å². The Morgan fingerprint density at radius 1 is 1.14 bits per heavy atom. The minimum Gasteiger partial charge on any atom is -0.303 e. The summed E-state index contributed by atoms with van der Waals surface area (Å²) in [6.45, 7) is 2.61. The van der Waals surface area contributed by atoms with E-state index < -0.39 is 0 Å².